The van der Waals surface area contributed by atoms with Gasteiger partial charge in [-0.1, -0.05) is 19.9 Å². The topological polar surface area (TPSA) is 81.4 Å². The summed E-state index contributed by atoms with van der Waals surface area (Å²) >= 11 is 0. The highest BCUT2D eigenvalue weighted by Crippen LogP contribution is 2.13. The molecule has 0 radical (unpaired) electrons. The Morgan fingerprint density at radius 2 is 1.96 bits per heavy atom. The van der Waals surface area contributed by atoms with Gasteiger partial charge in [-0.05, 0) is 25.0 Å². The van der Waals surface area contributed by atoms with E-state index in [-0.39, 0.29) is 0 Å². The van der Waals surface area contributed by atoms with Crippen LogP contribution in [0, 0.1) is 0 Å². The van der Waals surface area contributed by atoms with E-state index in [1.807, 2.05) is 29.1 Å². The first-order chi connectivity index (χ1) is 11.3. The van der Waals surface area contributed by atoms with Gasteiger partial charge in [0.25, 0.3) is 0 Å². The molecule has 0 aliphatic heterocycles. The van der Waals surface area contributed by atoms with Crippen LogP contribution in [-0.4, -0.2) is 29.9 Å². The quantitative estimate of drug-likeness (QED) is 0.753. The third-order valence-electron chi connectivity index (χ3n) is 3.45. The number of rotatable bonds is 6. The molecule has 7 nitrogen and oxygen atoms in total. The highest BCUT2D eigenvalue weighted by atomic mass is 15.3. The molecule has 3 heterocycles. The lowest BCUT2D eigenvalue weighted by Gasteiger charge is -2.06. The van der Waals surface area contributed by atoms with E-state index in [9.17, 15) is 0 Å². The molecule has 23 heavy (non-hydrogen) atoms. The zero-order chi connectivity index (χ0) is 16.1. The highest BCUT2D eigenvalue weighted by molar-refractivity contribution is 5.50. The number of pyridine rings is 1. The van der Waals surface area contributed by atoms with E-state index in [4.69, 9.17) is 0 Å². The van der Waals surface area contributed by atoms with Crippen LogP contribution in [0.4, 0.5) is 11.6 Å². The van der Waals surface area contributed by atoms with E-state index in [0.717, 1.165) is 35.6 Å². The molecule has 7 heteroatoms. The fraction of sp³-hybridized carbons (Fsp3) is 0.312. The summed E-state index contributed by atoms with van der Waals surface area (Å²) in [6, 6.07) is 5.83. The van der Waals surface area contributed by atoms with Crippen LogP contribution in [0.2, 0.25) is 0 Å². The van der Waals surface area contributed by atoms with Gasteiger partial charge in [0.05, 0.1) is 35.5 Å². The maximum absolute atomic E-state index is 4.52. The van der Waals surface area contributed by atoms with Gasteiger partial charge >= 0.3 is 0 Å². The Bertz CT molecular complexity index is 767. The zero-order valence-corrected chi connectivity index (χ0v) is 13.3. The minimum atomic E-state index is 0.497. The van der Waals surface area contributed by atoms with E-state index in [1.54, 1.807) is 12.4 Å². The summed E-state index contributed by atoms with van der Waals surface area (Å²) in [5, 5.41) is 15.8. The minimum absolute atomic E-state index is 0.497. The maximum atomic E-state index is 4.52. The fourth-order valence-corrected chi connectivity index (χ4v) is 2.29. The molecule has 0 saturated carbocycles. The van der Waals surface area contributed by atoms with E-state index >= 15 is 0 Å². The second-order valence-electron chi connectivity index (χ2n) is 5.11. The van der Waals surface area contributed by atoms with Gasteiger partial charge in [0, 0.05) is 12.4 Å². The monoisotopic (exact) mass is 309 g/mol. The number of hydrogen-bond acceptors (Lipinski definition) is 6. The second kappa shape index (κ2) is 6.95. The van der Waals surface area contributed by atoms with Crippen LogP contribution < -0.4 is 5.32 Å². The average Bonchev–Trinajstić information content (AvgIpc) is 3.02. The molecule has 0 saturated heterocycles. The molecular formula is C16H19N7. The van der Waals surface area contributed by atoms with Gasteiger partial charge in [0.15, 0.2) is 0 Å². The van der Waals surface area contributed by atoms with E-state index in [2.05, 4.69) is 44.4 Å². The van der Waals surface area contributed by atoms with Crippen molar-refractivity contribution in [2.24, 2.45) is 0 Å². The average molecular weight is 309 g/mol. The Hall–Kier alpha value is -2.83. The molecule has 118 valence electrons. The van der Waals surface area contributed by atoms with Crippen LogP contribution in [0.25, 0.3) is 0 Å². The summed E-state index contributed by atoms with van der Waals surface area (Å²) in [4.78, 5) is 8.81. The predicted octanol–water partition coefficient (Wildman–Crippen LogP) is 2.38. The van der Waals surface area contributed by atoms with Gasteiger partial charge in [-0.15, -0.1) is 10.2 Å². The number of nitrogens with zero attached hydrogens (tertiary/aromatic N) is 6. The molecule has 3 aromatic rings. The van der Waals surface area contributed by atoms with Crippen LogP contribution in [0.15, 0.2) is 36.8 Å². The molecule has 0 amide bonds. The van der Waals surface area contributed by atoms with Gasteiger partial charge in [0.1, 0.15) is 0 Å². The maximum Gasteiger partial charge on any atom is 0.247 e. The Kier molecular flexibility index (Phi) is 4.56. The summed E-state index contributed by atoms with van der Waals surface area (Å²) in [7, 11) is 0. The third kappa shape index (κ3) is 3.68. The molecule has 0 fully saturated rings. The number of aromatic nitrogens is 6. The van der Waals surface area contributed by atoms with Crippen molar-refractivity contribution in [1.29, 1.82) is 0 Å². The van der Waals surface area contributed by atoms with Gasteiger partial charge in [-0.25, -0.2) is 4.98 Å². The lowest BCUT2D eigenvalue weighted by atomic mass is 10.2. The van der Waals surface area contributed by atoms with Crippen LogP contribution >= 0.6 is 0 Å². The Labute approximate surface area is 134 Å². The van der Waals surface area contributed by atoms with Crippen molar-refractivity contribution in [3.63, 3.8) is 0 Å². The summed E-state index contributed by atoms with van der Waals surface area (Å²) < 4.78 is 1.82. The molecule has 3 aromatic heterocycles. The normalized spacial score (nSPS) is 10.7. The van der Waals surface area contributed by atoms with Crippen LogP contribution in [-0.2, 0) is 19.4 Å². The largest absolute Gasteiger partial charge is 0.320 e. The predicted molar refractivity (Wildman–Crippen MR) is 87.4 cm³/mol. The van der Waals surface area contributed by atoms with Gasteiger partial charge in [-0.2, -0.15) is 5.10 Å². The molecule has 1 N–H and O–H groups in total. The number of hydrogen-bond donors (Lipinski definition) is 1. The first kappa shape index (κ1) is 15.1. The lowest BCUT2D eigenvalue weighted by molar-refractivity contribution is 0.673. The summed E-state index contributed by atoms with van der Waals surface area (Å²) in [6.07, 6.45) is 7.10. The van der Waals surface area contributed by atoms with E-state index < -0.39 is 0 Å². The Morgan fingerprint density at radius 3 is 2.70 bits per heavy atom. The van der Waals surface area contributed by atoms with Gasteiger partial charge in [0.2, 0.25) is 5.95 Å². The zero-order valence-electron chi connectivity index (χ0n) is 13.3. The van der Waals surface area contributed by atoms with Crippen molar-refractivity contribution >= 4 is 11.6 Å². The molecule has 0 aromatic carbocycles. The molecule has 3 rings (SSSR count). The number of nitrogens with one attached hydrogen (secondary N) is 1. The molecule has 0 unspecified atom stereocenters. The third-order valence-corrected chi connectivity index (χ3v) is 3.45. The first-order valence-corrected chi connectivity index (χ1v) is 7.70. The minimum Gasteiger partial charge on any atom is -0.320 e. The number of anilines is 2. The lowest BCUT2D eigenvalue weighted by Crippen LogP contribution is -2.06. The van der Waals surface area contributed by atoms with Crippen LogP contribution in [0.1, 0.15) is 30.9 Å². The standard InChI is InChI=1S/C16H19N7/c1-3-14-15(4-2)21-22-16(20-14)19-13-9-18-23(11-13)10-12-7-5-6-8-17-12/h5-9,11H,3-4,10H2,1-2H3,(H,19,20,22). The van der Waals surface area contributed by atoms with Gasteiger partial charge in [-0.3, -0.25) is 9.67 Å². The van der Waals surface area contributed by atoms with Crippen LogP contribution in [0.5, 0.6) is 0 Å². The van der Waals surface area contributed by atoms with Crippen molar-refractivity contribution in [2.75, 3.05) is 5.32 Å². The number of aryl methyl sites for hydroxylation is 2. The second-order valence-corrected chi connectivity index (χ2v) is 5.11. The molecule has 0 aliphatic rings. The summed E-state index contributed by atoms with van der Waals surface area (Å²) in [5.41, 5.74) is 3.71. The van der Waals surface area contributed by atoms with E-state index in [0.29, 0.717) is 12.5 Å². The molecule has 0 aliphatic carbocycles. The highest BCUT2D eigenvalue weighted by Gasteiger charge is 2.07. The Morgan fingerprint density at radius 1 is 1.09 bits per heavy atom. The Balaban J connectivity index is 1.71. The van der Waals surface area contributed by atoms with Crippen LogP contribution in [0.3, 0.4) is 0 Å². The van der Waals surface area contributed by atoms with Crippen molar-refractivity contribution in [3.8, 4) is 0 Å². The molecular weight excluding hydrogens is 290 g/mol. The summed E-state index contributed by atoms with van der Waals surface area (Å²) in [6.45, 7) is 4.74. The van der Waals surface area contributed by atoms with E-state index in [1.165, 1.54) is 0 Å². The van der Waals surface area contributed by atoms with Crippen molar-refractivity contribution in [3.05, 3.63) is 53.9 Å². The SMILES string of the molecule is CCc1nnc(Nc2cnn(Cc3ccccn3)c2)nc1CC. The van der Waals surface area contributed by atoms with Crippen molar-refractivity contribution in [2.45, 2.75) is 33.2 Å². The van der Waals surface area contributed by atoms with Gasteiger partial charge < -0.3 is 5.32 Å². The molecule has 0 spiro atoms. The smallest absolute Gasteiger partial charge is 0.247 e. The molecule has 0 bridgehead atoms. The van der Waals surface area contributed by atoms with Crippen molar-refractivity contribution in [1.82, 2.24) is 29.9 Å². The summed E-state index contributed by atoms with van der Waals surface area (Å²) in [5.74, 6) is 0.497. The fourth-order valence-electron chi connectivity index (χ4n) is 2.29. The first-order valence-electron chi connectivity index (χ1n) is 7.70. The molecule has 0 atom stereocenters. The van der Waals surface area contributed by atoms with Crippen molar-refractivity contribution < 1.29 is 0 Å².